The van der Waals surface area contributed by atoms with Crippen LogP contribution in [0.2, 0.25) is 0 Å². The summed E-state index contributed by atoms with van der Waals surface area (Å²) in [5.74, 6) is 1.62. The van der Waals surface area contributed by atoms with Crippen LogP contribution in [-0.2, 0) is 6.61 Å². The third-order valence-corrected chi connectivity index (χ3v) is 4.53. The number of nitro groups is 1. The summed E-state index contributed by atoms with van der Waals surface area (Å²) in [6.07, 6.45) is 3.22. The molecule has 0 amide bonds. The van der Waals surface area contributed by atoms with Crippen molar-refractivity contribution in [1.82, 2.24) is 0 Å². The van der Waals surface area contributed by atoms with E-state index in [9.17, 15) is 14.9 Å². The molecule has 0 unspecified atom stereocenters. The molecule has 7 heteroatoms. The molecule has 0 saturated heterocycles. The molecule has 0 radical (unpaired) electrons. The Morgan fingerprint density at radius 1 is 0.968 bits per heavy atom. The van der Waals surface area contributed by atoms with E-state index in [0.717, 1.165) is 11.1 Å². The van der Waals surface area contributed by atoms with Crippen molar-refractivity contribution in [3.63, 3.8) is 0 Å². The Balaban J connectivity index is 1.72. The first-order chi connectivity index (χ1) is 15.0. The van der Waals surface area contributed by atoms with E-state index in [4.69, 9.17) is 14.2 Å². The maximum absolute atomic E-state index is 12.4. The van der Waals surface area contributed by atoms with Gasteiger partial charge in [0.1, 0.15) is 23.9 Å². The predicted octanol–water partition coefficient (Wildman–Crippen LogP) is 5.09. The average molecular weight is 419 g/mol. The molecule has 3 rings (SSSR count). The molecule has 31 heavy (non-hydrogen) atoms. The number of hydrogen-bond donors (Lipinski definition) is 0. The fourth-order valence-electron chi connectivity index (χ4n) is 2.88. The average Bonchev–Trinajstić information content (AvgIpc) is 2.81. The summed E-state index contributed by atoms with van der Waals surface area (Å²) in [5, 5.41) is 10.8. The van der Waals surface area contributed by atoms with Crippen molar-refractivity contribution < 1.29 is 23.9 Å². The summed E-state index contributed by atoms with van der Waals surface area (Å²) in [5.41, 5.74) is 2.11. The van der Waals surface area contributed by atoms with Crippen molar-refractivity contribution >= 4 is 17.5 Å². The van der Waals surface area contributed by atoms with Crippen LogP contribution in [-0.4, -0.2) is 24.9 Å². The van der Waals surface area contributed by atoms with Gasteiger partial charge in [0, 0.05) is 23.3 Å². The minimum Gasteiger partial charge on any atom is -0.497 e. The van der Waals surface area contributed by atoms with Gasteiger partial charge in [0.15, 0.2) is 5.78 Å². The van der Waals surface area contributed by atoms with E-state index in [0.29, 0.717) is 22.8 Å². The van der Waals surface area contributed by atoms with Crippen molar-refractivity contribution in [3.8, 4) is 17.2 Å². The van der Waals surface area contributed by atoms with Gasteiger partial charge in [-0.2, -0.15) is 0 Å². The van der Waals surface area contributed by atoms with Crippen LogP contribution in [0.1, 0.15) is 21.5 Å². The zero-order valence-corrected chi connectivity index (χ0v) is 17.1. The molecule has 0 aliphatic heterocycles. The Morgan fingerprint density at radius 3 is 2.42 bits per heavy atom. The van der Waals surface area contributed by atoms with Crippen LogP contribution in [0, 0.1) is 10.1 Å². The standard InChI is InChI=1S/C24H21NO6/c1-29-22-5-3-4-18(15-22)23(26)12-6-17-7-13-24(30-2)19(14-17)16-31-21-10-8-20(9-11-21)25(27)28/h3-15H,16H2,1-2H3/b12-6+. The van der Waals surface area contributed by atoms with Crippen molar-refractivity contribution in [2.24, 2.45) is 0 Å². The minimum atomic E-state index is -0.463. The molecule has 0 bridgehead atoms. The number of carbonyl (C=O) groups is 1. The number of allylic oxidation sites excluding steroid dienone is 1. The zero-order chi connectivity index (χ0) is 22.2. The lowest BCUT2D eigenvalue weighted by molar-refractivity contribution is -0.384. The minimum absolute atomic E-state index is 0.00207. The van der Waals surface area contributed by atoms with E-state index in [1.807, 2.05) is 12.1 Å². The van der Waals surface area contributed by atoms with Crippen LogP contribution >= 0.6 is 0 Å². The predicted molar refractivity (Wildman–Crippen MR) is 117 cm³/mol. The molecule has 0 N–H and O–H groups in total. The number of benzene rings is 3. The fourth-order valence-corrected chi connectivity index (χ4v) is 2.88. The maximum atomic E-state index is 12.4. The first-order valence-corrected chi connectivity index (χ1v) is 9.41. The Morgan fingerprint density at radius 2 is 1.74 bits per heavy atom. The maximum Gasteiger partial charge on any atom is 0.269 e. The zero-order valence-electron chi connectivity index (χ0n) is 17.1. The monoisotopic (exact) mass is 419 g/mol. The van der Waals surface area contributed by atoms with Gasteiger partial charge in [0.05, 0.1) is 19.1 Å². The van der Waals surface area contributed by atoms with Crippen molar-refractivity contribution in [3.05, 3.63) is 99.6 Å². The van der Waals surface area contributed by atoms with Gasteiger partial charge in [0.25, 0.3) is 5.69 Å². The smallest absolute Gasteiger partial charge is 0.269 e. The number of nitro benzene ring substituents is 1. The Kier molecular flexibility index (Phi) is 7.01. The quantitative estimate of drug-likeness (QED) is 0.208. The van der Waals surface area contributed by atoms with Gasteiger partial charge in [-0.25, -0.2) is 0 Å². The van der Waals surface area contributed by atoms with Gasteiger partial charge in [-0.3, -0.25) is 14.9 Å². The molecule has 0 fully saturated rings. The lowest BCUT2D eigenvalue weighted by Crippen LogP contribution is -2.00. The first-order valence-electron chi connectivity index (χ1n) is 9.41. The van der Waals surface area contributed by atoms with Gasteiger partial charge < -0.3 is 14.2 Å². The van der Waals surface area contributed by atoms with Gasteiger partial charge in [-0.1, -0.05) is 24.3 Å². The lowest BCUT2D eigenvalue weighted by atomic mass is 10.1. The molecular formula is C24H21NO6. The molecule has 7 nitrogen and oxygen atoms in total. The Labute approximate surface area is 179 Å². The normalized spacial score (nSPS) is 10.6. The summed E-state index contributed by atoms with van der Waals surface area (Å²) in [6.45, 7) is 0.201. The number of non-ortho nitro benzene ring substituents is 1. The molecule has 0 saturated carbocycles. The molecule has 0 aliphatic carbocycles. The Hall–Kier alpha value is -4.13. The van der Waals surface area contributed by atoms with Crippen molar-refractivity contribution in [2.75, 3.05) is 14.2 Å². The van der Waals surface area contributed by atoms with Gasteiger partial charge >= 0.3 is 0 Å². The second-order valence-corrected chi connectivity index (χ2v) is 6.54. The molecule has 0 atom stereocenters. The van der Waals surface area contributed by atoms with E-state index >= 15 is 0 Å². The number of rotatable bonds is 9. The van der Waals surface area contributed by atoms with Crippen LogP contribution in [0.15, 0.2) is 72.8 Å². The molecular weight excluding hydrogens is 398 g/mol. The van der Waals surface area contributed by atoms with Gasteiger partial charge in [-0.05, 0) is 48.0 Å². The van der Waals surface area contributed by atoms with Crippen molar-refractivity contribution in [2.45, 2.75) is 6.61 Å². The van der Waals surface area contributed by atoms with Gasteiger partial charge in [-0.15, -0.1) is 0 Å². The molecule has 0 heterocycles. The largest absolute Gasteiger partial charge is 0.497 e. The van der Waals surface area contributed by atoms with Crippen molar-refractivity contribution in [1.29, 1.82) is 0 Å². The summed E-state index contributed by atoms with van der Waals surface area (Å²) in [7, 11) is 3.11. The second kappa shape index (κ2) is 10.1. The van der Waals surface area contributed by atoms with Crippen LogP contribution in [0.3, 0.4) is 0 Å². The number of nitrogens with zero attached hydrogens (tertiary/aromatic N) is 1. The summed E-state index contributed by atoms with van der Waals surface area (Å²) in [4.78, 5) is 22.7. The number of carbonyl (C=O) groups excluding carboxylic acids is 1. The van der Waals surface area contributed by atoms with E-state index in [1.54, 1.807) is 62.8 Å². The van der Waals surface area contributed by atoms with Crippen LogP contribution in [0.25, 0.3) is 6.08 Å². The highest BCUT2D eigenvalue weighted by molar-refractivity contribution is 6.07. The molecule has 0 aliphatic rings. The number of ketones is 1. The Bertz CT molecular complexity index is 1110. The number of methoxy groups -OCH3 is 2. The highest BCUT2D eigenvalue weighted by Gasteiger charge is 2.08. The van der Waals surface area contributed by atoms with Crippen LogP contribution in [0.4, 0.5) is 5.69 Å². The van der Waals surface area contributed by atoms with E-state index in [-0.39, 0.29) is 18.1 Å². The van der Waals surface area contributed by atoms with Crippen LogP contribution < -0.4 is 14.2 Å². The molecule has 0 spiro atoms. The summed E-state index contributed by atoms with van der Waals surface area (Å²) in [6, 6.07) is 18.3. The molecule has 3 aromatic carbocycles. The third-order valence-electron chi connectivity index (χ3n) is 4.53. The first kappa shape index (κ1) is 21.6. The highest BCUT2D eigenvalue weighted by atomic mass is 16.6. The topological polar surface area (TPSA) is 87.9 Å². The molecule has 3 aromatic rings. The summed E-state index contributed by atoms with van der Waals surface area (Å²) < 4.78 is 16.3. The molecule has 158 valence electrons. The summed E-state index contributed by atoms with van der Waals surface area (Å²) >= 11 is 0. The van der Waals surface area contributed by atoms with Gasteiger partial charge in [0.2, 0.25) is 0 Å². The van der Waals surface area contributed by atoms with Crippen LogP contribution in [0.5, 0.6) is 17.2 Å². The second-order valence-electron chi connectivity index (χ2n) is 6.54. The van der Waals surface area contributed by atoms with E-state index in [1.165, 1.54) is 18.2 Å². The fraction of sp³-hybridized carbons (Fsp3) is 0.125. The van der Waals surface area contributed by atoms with E-state index < -0.39 is 4.92 Å². The number of hydrogen-bond acceptors (Lipinski definition) is 6. The SMILES string of the molecule is COc1cccc(C(=O)/C=C/c2ccc(OC)c(COc3ccc([N+](=O)[O-])cc3)c2)c1. The molecule has 0 aromatic heterocycles. The number of ether oxygens (including phenoxy) is 3. The van der Waals surface area contributed by atoms with E-state index in [2.05, 4.69) is 0 Å². The highest BCUT2D eigenvalue weighted by Crippen LogP contribution is 2.24. The lowest BCUT2D eigenvalue weighted by Gasteiger charge is -2.11. The third kappa shape index (κ3) is 5.70.